The van der Waals surface area contributed by atoms with E-state index in [1.807, 2.05) is 0 Å². The van der Waals surface area contributed by atoms with E-state index in [-0.39, 0.29) is 18.2 Å². The number of amides is 1. The number of piperidine rings is 1. The molecule has 0 atom stereocenters. The molecule has 5 heteroatoms. The standard InChI is InChI=1S/C14H17NO4/c1-18-11-6-3-7-12(19-2)13(11)14(17)15-8-4-5-10(16)9-15/h3,6-7H,4-5,8-9H2,1-2H3. The maximum absolute atomic E-state index is 12.5. The first-order chi connectivity index (χ1) is 9.17. The van der Waals surface area contributed by atoms with Gasteiger partial charge in [0, 0.05) is 13.0 Å². The minimum Gasteiger partial charge on any atom is -0.496 e. The average Bonchev–Trinajstić information content (AvgIpc) is 2.45. The Balaban J connectivity index is 2.34. The predicted molar refractivity (Wildman–Crippen MR) is 69.7 cm³/mol. The molecular weight excluding hydrogens is 246 g/mol. The van der Waals surface area contributed by atoms with E-state index in [2.05, 4.69) is 0 Å². The largest absolute Gasteiger partial charge is 0.496 e. The fourth-order valence-electron chi connectivity index (χ4n) is 2.23. The first-order valence-electron chi connectivity index (χ1n) is 6.19. The molecule has 1 amide bonds. The normalized spacial score (nSPS) is 15.3. The zero-order chi connectivity index (χ0) is 13.8. The van der Waals surface area contributed by atoms with Crippen molar-refractivity contribution in [1.29, 1.82) is 0 Å². The van der Waals surface area contributed by atoms with Crippen molar-refractivity contribution in [3.8, 4) is 11.5 Å². The summed E-state index contributed by atoms with van der Waals surface area (Å²) in [5, 5.41) is 0. The van der Waals surface area contributed by atoms with Crippen LogP contribution < -0.4 is 9.47 Å². The minimum absolute atomic E-state index is 0.0912. The van der Waals surface area contributed by atoms with Gasteiger partial charge >= 0.3 is 0 Å². The summed E-state index contributed by atoms with van der Waals surface area (Å²) in [6, 6.07) is 5.18. The second kappa shape index (κ2) is 5.73. The summed E-state index contributed by atoms with van der Waals surface area (Å²) in [5.41, 5.74) is 0.377. The van der Waals surface area contributed by atoms with Crippen LogP contribution in [0.4, 0.5) is 0 Å². The highest BCUT2D eigenvalue weighted by Gasteiger charge is 2.27. The maximum atomic E-state index is 12.5. The lowest BCUT2D eigenvalue weighted by molar-refractivity contribution is -0.121. The van der Waals surface area contributed by atoms with Gasteiger partial charge in [0.15, 0.2) is 5.78 Å². The molecule has 0 aliphatic carbocycles. The van der Waals surface area contributed by atoms with Crippen LogP contribution in [-0.2, 0) is 4.79 Å². The van der Waals surface area contributed by atoms with Crippen molar-refractivity contribution in [2.75, 3.05) is 27.3 Å². The number of carbonyl (C=O) groups is 2. The minimum atomic E-state index is -0.220. The summed E-state index contributed by atoms with van der Waals surface area (Å²) in [6.45, 7) is 0.756. The maximum Gasteiger partial charge on any atom is 0.261 e. The van der Waals surface area contributed by atoms with Gasteiger partial charge in [-0.3, -0.25) is 9.59 Å². The van der Waals surface area contributed by atoms with Crippen molar-refractivity contribution in [2.24, 2.45) is 0 Å². The van der Waals surface area contributed by atoms with Gasteiger partial charge in [0.1, 0.15) is 17.1 Å². The molecule has 102 valence electrons. The summed E-state index contributed by atoms with van der Waals surface area (Å²) in [5.74, 6) is 0.792. The van der Waals surface area contributed by atoms with E-state index in [1.54, 1.807) is 23.1 Å². The van der Waals surface area contributed by atoms with Crippen LogP contribution in [0.3, 0.4) is 0 Å². The number of methoxy groups -OCH3 is 2. The molecule has 0 bridgehead atoms. The van der Waals surface area contributed by atoms with E-state index >= 15 is 0 Å². The Hall–Kier alpha value is -2.04. The molecule has 1 aliphatic heterocycles. The molecule has 1 heterocycles. The second-order valence-electron chi connectivity index (χ2n) is 4.41. The van der Waals surface area contributed by atoms with Crippen LogP contribution in [0.25, 0.3) is 0 Å². The Kier molecular flexibility index (Phi) is 4.04. The second-order valence-corrected chi connectivity index (χ2v) is 4.41. The van der Waals surface area contributed by atoms with Crippen molar-refractivity contribution in [1.82, 2.24) is 4.90 Å². The van der Waals surface area contributed by atoms with Crippen molar-refractivity contribution >= 4 is 11.7 Å². The molecular formula is C14H17NO4. The van der Waals surface area contributed by atoms with Crippen molar-refractivity contribution in [2.45, 2.75) is 12.8 Å². The smallest absolute Gasteiger partial charge is 0.261 e. The zero-order valence-corrected chi connectivity index (χ0v) is 11.1. The molecule has 2 rings (SSSR count). The third-order valence-electron chi connectivity index (χ3n) is 3.18. The summed E-state index contributed by atoms with van der Waals surface area (Å²) < 4.78 is 10.4. The van der Waals surface area contributed by atoms with Gasteiger partial charge in [0.2, 0.25) is 0 Å². The third kappa shape index (κ3) is 2.70. The van der Waals surface area contributed by atoms with Gasteiger partial charge in [-0.25, -0.2) is 0 Å². The molecule has 1 aromatic rings. The first kappa shape index (κ1) is 13.4. The van der Waals surface area contributed by atoms with E-state index in [4.69, 9.17) is 9.47 Å². The van der Waals surface area contributed by atoms with Crippen LogP contribution in [0, 0.1) is 0 Å². The summed E-state index contributed by atoms with van der Waals surface area (Å²) >= 11 is 0. The highest BCUT2D eigenvalue weighted by Crippen LogP contribution is 2.30. The van der Waals surface area contributed by atoms with Crippen LogP contribution in [0.5, 0.6) is 11.5 Å². The summed E-state index contributed by atoms with van der Waals surface area (Å²) in [7, 11) is 3.01. The van der Waals surface area contributed by atoms with Gasteiger partial charge in [-0.1, -0.05) is 6.07 Å². The van der Waals surface area contributed by atoms with E-state index in [1.165, 1.54) is 14.2 Å². The Bertz CT molecular complexity index is 476. The number of rotatable bonds is 3. The number of benzene rings is 1. The Morgan fingerprint density at radius 1 is 1.21 bits per heavy atom. The van der Waals surface area contributed by atoms with Gasteiger partial charge in [-0.2, -0.15) is 0 Å². The van der Waals surface area contributed by atoms with Crippen LogP contribution in [0.2, 0.25) is 0 Å². The number of hydrogen-bond acceptors (Lipinski definition) is 4. The van der Waals surface area contributed by atoms with Gasteiger partial charge in [-0.05, 0) is 18.6 Å². The Labute approximate surface area is 112 Å². The highest BCUT2D eigenvalue weighted by molar-refractivity contribution is 6.01. The topological polar surface area (TPSA) is 55.8 Å². The van der Waals surface area contributed by atoms with Crippen LogP contribution in [-0.4, -0.2) is 43.9 Å². The van der Waals surface area contributed by atoms with Gasteiger partial charge in [0.05, 0.1) is 20.8 Å². The third-order valence-corrected chi connectivity index (χ3v) is 3.18. The Morgan fingerprint density at radius 2 is 1.84 bits per heavy atom. The lowest BCUT2D eigenvalue weighted by Crippen LogP contribution is -2.40. The van der Waals surface area contributed by atoms with Gasteiger partial charge < -0.3 is 14.4 Å². The van der Waals surface area contributed by atoms with Gasteiger partial charge in [-0.15, -0.1) is 0 Å². The molecule has 0 aromatic heterocycles. The van der Waals surface area contributed by atoms with Crippen molar-refractivity contribution in [3.05, 3.63) is 23.8 Å². The fourth-order valence-corrected chi connectivity index (χ4v) is 2.23. The number of ketones is 1. The lowest BCUT2D eigenvalue weighted by atomic mass is 10.1. The van der Waals surface area contributed by atoms with Crippen LogP contribution in [0.1, 0.15) is 23.2 Å². The molecule has 0 N–H and O–H groups in total. The SMILES string of the molecule is COc1cccc(OC)c1C(=O)N1CCCC(=O)C1. The quantitative estimate of drug-likeness (QED) is 0.829. The number of Topliss-reactive ketones (excluding diaryl/α,β-unsaturated/α-hetero) is 1. The lowest BCUT2D eigenvalue weighted by Gasteiger charge is -2.27. The van der Waals surface area contributed by atoms with E-state index < -0.39 is 0 Å². The molecule has 1 aromatic carbocycles. The number of nitrogens with zero attached hydrogens (tertiary/aromatic N) is 1. The molecule has 19 heavy (non-hydrogen) atoms. The average molecular weight is 263 g/mol. The zero-order valence-electron chi connectivity index (χ0n) is 11.1. The first-order valence-corrected chi connectivity index (χ1v) is 6.19. The molecule has 1 fully saturated rings. The Morgan fingerprint density at radius 3 is 2.37 bits per heavy atom. The van der Waals surface area contributed by atoms with Crippen LogP contribution in [0.15, 0.2) is 18.2 Å². The van der Waals surface area contributed by atoms with E-state index in [9.17, 15) is 9.59 Å². The highest BCUT2D eigenvalue weighted by atomic mass is 16.5. The molecule has 1 saturated heterocycles. The number of carbonyl (C=O) groups excluding carboxylic acids is 2. The molecule has 5 nitrogen and oxygen atoms in total. The summed E-state index contributed by atoms with van der Waals surface area (Å²) in [4.78, 5) is 25.5. The number of likely N-dealkylation sites (tertiary alicyclic amines) is 1. The van der Waals surface area contributed by atoms with E-state index in [0.29, 0.717) is 36.4 Å². The predicted octanol–water partition coefficient (Wildman–Crippen LogP) is 1.51. The van der Waals surface area contributed by atoms with Crippen LogP contribution >= 0.6 is 0 Å². The molecule has 0 unspecified atom stereocenters. The number of hydrogen-bond donors (Lipinski definition) is 0. The fraction of sp³-hybridized carbons (Fsp3) is 0.429. The monoisotopic (exact) mass is 263 g/mol. The van der Waals surface area contributed by atoms with Crippen molar-refractivity contribution in [3.63, 3.8) is 0 Å². The number of ether oxygens (including phenoxy) is 2. The van der Waals surface area contributed by atoms with Gasteiger partial charge in [0.25, 0.3) is 5.91 Å². The molecule has 0 radical (unpaired) electrons. The van der Waals surface area contributed by atoms with Crippen molar-refractivity contribution < 1.29 is 19.1 Å². The molecule has 0 spiro atoms. The van der Waals surface area contributed by atoms with E-state index in [0.717, 1.165) is 0 Å². The molecule has 0 saturated carbocycles. The molecule has 1 aliphatic rings. The summed E-state index contributed by atoms with van der Waals surface area (Å²) in [6.07, 6.45) is 1.26.